The number of carbonyl (C=O) groups is 1. The number of benzene rings is 2. The molecule has 8 heteroatoms. The minimum Gasteiger partial charge on any atom is -0.366 e. The molecule has 2 aromatic carbocycles. The third-order valence-corrected chi connectivity index (χ3v) is 4.64. The van der Waals surface area contributed by atoms with E-state index in [4.69, 9.17) is 5.73 Å². The number of aromatic nitrogens is 2. The van der Waals surface area contributed by atoms with Crippen molar-refractivity contribution in [3.8, 4) is 0 Å². The van der Waals surface area contributed by atoms with Crippen molar-refractivity contribution in [2.75, 3.05) is 0 Å². The molecule has 1 aromatic heterocycles. The van der Waals surface area contributed by atoms with Gasteiger partial charge in [0, 0.05) is 18.2 Å². The maximum absolute atomic E-state index is 11.3. The van der Waals surface area contributed by atoms with Crippen LogP contribution in [-0.2, 0) is 6.54 Å². The second-order valence-corrected chi connectivity index (χ2v) is 6.04. The number of nitrogens with zero attached hydrogens (tertiary/aromatic N) is 3. The first-order chi connectivity index (χ1) is 11.5. The summed E-state index contributed by atoms with van der Waals surface area (Å²) in [6.07, 6.45) is 0. The lowest BCUT2D eigenvalue weighted by Crippen LogP contribution is -2.11. The molecule has 0 radical (unpaired) electrons. The van der Waals surface area contributed by atoms with Crippen molar-refractivity contribution in [3.63, 3.8) is 0 Å². The van der Waals surface area contributed by atoms with Gasteiger partial charge in [0.25, 0.3) is 5.69 Å². The Labute approximate surface area is 141 Å². The van der Waals surface area contributed by atoms with E-state index in [2.05, 4.69) is 4.98 Å². The van der Waals surface area contributed by atoms with Crippen LogP contribution in [0.3, 0.4) is 0 Å². The molecule has 1 heterocycles. The molecule has 3 aromatic rings. The Kier molecular flexibility index (Phi) is 4.22. The largest absolute Gasteiger partial charge is 0.366 e. The van der Waals surface area contributed by atoms with E-state index in [9.17, 15) is 14.9 Å². The van der Waals surface area contributed by atoms with Gasteiger partial charge in [-0.2, -0.15) is 0 Å². The smallest absolute Gasteiger partial charge is 0.284 e. The molecular formula is C16H14N4O3S. The molecule has 3 rings (SSSR count). The van der Waals surface area contributed by atoms with Crippen molar-refractivity contribution in [2.24, 2.45) is 5.73 Å². The molecule has 1 amide bonds. The predicted octanol–water partition coefficient (Wildman–Crippen LogP) is 3.21. The summed E-state index contributed by atoms with van der Waals surface area (Å²) < 4.78 is 1.99. The summed E-state index contributed by atoms with van der Waals surface area (Å²) in [6.45, 7) is 2.68. The highest BCUT2D eigenvalue weighted by Crippen LogP contribution is 2.36. The Hall–Kier alpha value is -2.87. The first-order valence-corrected chi connectivity index (χ1v) is 8.04. The molecule has 0 saturated heterocycles. The number of nitrogens with two attached hydrogens (primary N) is 1. The lowest BCUT2D eigenvalue weighted by molar-refractivity contribution is -0.387. The maximum Gasteiger partial charge on any atom is 0.284 e. The Morgan fingerprint density at radius 2 is 2.08 bits per heavy atom. The number of rotatable bonds is 5. The minimum atomic E-state index is -0.699. The van der Waals surface area contributed by atoms with Crippen molar-refractivity contribution in [1.82, 2.24) is 9.55 Å². The van der Waals surface area contributed by atoms with Crippen molar-refractivity contribution in [1.29, 1.82) is 0 Å². The maximum atomic E-state index is 11.3. The highest BCUT2D eigenvalue weighted by Gasteiger charge is 2.20. The summed E-state index contributed by atoms with van der Waals surface area (Å²) in [5.41, 5.74) is 6.95. The van der Waals surface area contributed by atoms with Gasteiger partial charge in [-0.15, -0.1) is 0 Å². The van der Waals surface area contributed by atoms with Gasteiger partial charge in [0.2, 0.25) is 5.91 Å². The Bertz CT molecular complexity index is 952. The van der Waals surface area contributed by atoms with Crippen molar-refractivity contribution in [3.05, 3.63) is 58.1 Å². The van der Waals surface area contributed by atoms with Crippen molar-refractivity contribution >= 4 is 34.4 Å². The second-order valence-electron chi connectivity index (χ2n) is 5.03. The van der Waals surface area contributed by atoms with Gasteiger partial charge in [-0.1, -0.05) is 12.1 Å². The molecule has 0 unspecified atom stereocenters. The fraction of sp³-hybridized carbons (Fsp3) is 0.125. The van der Waals surface area contributed by atoms with Crippen LogP contribution in [0.1, 0.15) is 17.3 Å². The lowest BCUT2D eigenvalue weighted by atomic mass is 10.2. The average molecular weight is 342 g/mol. The van der Waals surface area contributed by atoms with E-state index in [-0.39, 0.29) is 11.3 Å². The first-order valence-electron chi connectivity index (χ1n) is 7.22. The third-order valence-electron chi connectivity index (χ3n) is 3.58. The predicted molar refractivity (Wildman–Crippen MR) is 91.1 cm³/mol. The topological polar surface area (TPSA) is 104 Å². The molecule has 2 N–H and O–H groups in total. The van der Waals surface area contributed by atoms with Gasteiger partial charge < -0.3 is 10.3 Å². The van der Waals surface area contributed by atoms with E-state index in [0.717, 1.165) is 11.0 Å². The molecule has 0 bridgehead atoms. The highest BCUT2D eigenvalue weighted by molar-refractivity contribution is 7.99. The molecular weight excluding hydrogens is 328 g/mol. The number of aryl methyl sites for hydroxylation is 1. The number of amides is 1. The van der Waals surface area contributed by atoms with Crippen LogP contribution in [0.25, 0.3) is 11.0 Å². The molecule has 122 valence electrons. The number of nitro benzene ring substituents is 1. The molecule has 0 spiro atoms. The number of hydrogen-bond donors (Lipinski definition) is 1. The van der Waals surface area contributed by atoms with Gasteiger partial charge in [-0.3, -0.25) is 14.9 Å². The van der Waals surface area contributed by atoms with Crippen LogP contribution in [0.5, 0.6) is 0 Å². The average Bonchev–Trinajstić information content (AvgIpc) is 2.91. The molecule has 0 aliphatic carbocycles. The summed E-state index contributed by atoms with van der Waals surface area (Å²) >= 11 is 1.20. The fourth-order valence-corrected chi connectivity index (χ4v) is 3.49. The second kappa shape index (κ2) is 6.32. The summed E-state index contributed by atoms with van der Waals surface area (Å²) in [4.78, 5) is 27.0. The monoisotopic (exact) mass is 342 g/mol. The van der Waals surface area contributed by atoms with Crippen LogP contribution in [0.4, 0.5) is 5.69 Å². The highest BCUT2D eigenvalue weighted by atomic mass is 32.2. The molecule has 0 fully saturated rings. The molecule has 0 saturated carbocycles. The quantitative estimate of drug-likeness (QED) is 0.566. The number of primary amides is 1. The van der Waals surface area contributed by atoms with Crippen LogP contribution >= 0.6 is 11.8 Å². The van der Waals surface area contributed by atoms with Crippen molar-refractivity contribution in [2.45, 2.75) is 23.5 Å². The lowest BCUT2D eigenvalue weighted by Gasteiger charge is -2.06. The molecule has 7 nitrogen and oxygen atoms in total. The van der Waals surface area contributed by atoms with Crippen LogP contribution in [0.15, 0.2) is 52.5 Å². The number of fused-ring (bicyclic) bond motifs is 1. The number of imidazole rings is 1. The number of para-hydroxylation sites is 2. The number of hydrogen-bond acceptors (Lipinski definition) is 5. The third kappa shape index (κ3) is 2.83. The van der Waals surface area contributed by atoms with Gasteiger partial charge in [0.1, 0.15) is 0 Å². The Balaban J connectivity index is 2.08. The van der Waals surface area contributed by atoms with E-state index < -0.39 is 10.8 Å². The van der Waals surface area contributed by atoms with E-state index in [1.807, 2.05) is 35.8 Å². The molecule has 24 heavy (non-hydrogen) atoms. The van der Waals surface area contributed by atoms with E-state index in [1.165, 1.54) is 30.0 Å². The van der Waals surface area contributed by atoms with Crippen LogP contribution in [0, 0.1) is 10.1 Å². The van der Waals surface area contributed by atoms with Crippen LogP contribution in [0.2, 0.25) is 0 Å². The van der Waals surface area contributed by atoms with Gasteiger partial charge in [0.05, 0.1) is 20.9 Å². The fourth-order valence-electron chi connectivity index (χ4n) is 2.43. The Morgan fingerprint density at radius 1 is 1.33 bits per heavy atom. The molecule has 0 aliphatic rings. The van der Waals surface area contributed by atoms with Gasteiger partial charge in [-0.25, -0.2) is 4.98 Å². The van der Waals surface area contributed by atoms with Gasteiger partial charge in [0.15, 0.2) is 5.16 Å². The molecule has 0 atom stereocenters. The first kappa shape index (κ1) is 16.0. The van der Waals surface area contributed by atoms with Crippen LogP contribution < -0.4 is 5.73 Å². The normalized spacial score (nSPS) is 10.9. The zero-order valence-corrected chi connectivity index (χ0v) is 13.6. The van der Waals surface area contributed by atoms with Gasteiger partial charge >= 0.3 is 0 Å². The summed E-state index contributed by atoms with van der Waals surface area (Å²) in [7, 11) is 0. The van der Waals surface area contributed by atoms with E-state index in [1.54, 1.807) is 0 Å². The van der Waals surface area contributed by atoms with Crippen LogP contribution in [-0.4, -0.2) is 20.4 Å². The van der Waals surface area contributed by atoms with Crippen molar-refractivity contribution < 1.29 is 9.72 Å². The summed E-state index contributed by atoms with van der Waals surface area (Å²) in [6, 6.07) is 11.9. The minimum absolute atomic E-state index is 0.107. The van der Waals surface area contributed by atoms with E-state index >= 15 is 0 Å². The summed E-state index contributed by atoms with van der Waals surface area (Å²) in [5, 5.41) is 12.0. The SMILES string of the molecule is CCn1c(Sc2ccc(C(N)=O)cc2[N+](=O)[O-])nc2ccccc21. The van der Waals surface area contributed by atoms with Gasteiger partial charge in [-0.05, 0) is 43.0 Å². The Morgan fingerprint density at radius 3 is 2.75 bits per heavy atom. The number of carbonyl (C=O) groups excluding carboxylic acids is 1. The zero-order chi connectivity index (χ0) is 17.3. The molecule has 0 aliphatic heterocycles. The number of nitro groups is 1. The zero-order valence-electron chi connectivity index (χ0n) is 12.8. The standard InChI is InChI=1S/C16H14N4O3S/c1-2-19-12-6-4-3-5-11(12)18-16(19)24-14-8-7-10(15(17)21)9-13(14)20(22)23/h3-9H,2H2,1H3,(H2,17,21). The van der Waals surface area contributed by atoms with E-state index in [0.29, 0.717) is 16.6 Å². The summed E-state index contributed by atoms with van der Waals surface area (Å²) in [5.74, 6) is -0.699.